The lowest BCUT2D eigenvalue weighted by atomic mass is 9.78. The Labute approximate surface area is 710 Å². The van der Waals surface area contributed by atoms with Crippen molar-refractivity contribution in [3.8, 4) is 5.75 Å². The number of furan rings is 4. The molecule has 12 aromatic rings. The predicted molar refractivity (Wildman–Crippen MR) is 497 cm³/mol. The predicted octanol–water partition coefficient (Wildman–Crippen LogP) is 27.9. The maximum atomic E-state index is 14.3. The number of ether oxygens (including phenoxy) is 1. The smallest absolute Gasteiger partial charge is 0.227 e. The number of fused-ring (bicyclic) bond motifs is 12. The van der Waals surface area contributed by atoms with Gasteiger partial charge in [-0.3, -0.25) is 14.6 Å². The van der Waals surface area contributed by atoms with Gasteiger partial charge in [-0.2, -0.15) is 0 Å². The van der Waals surface area contributed by atoms with E-state index in [1.54, 1.807) is 45.0 Å². The average Bonchev–Trinajstić information content (AvgIpc) is 1.62. The number of nitrogens with zero attached hydrogens (tertiary/aromatic N) is 3. The third kappa shape index (κ3) is 20.1. The van der Waals surface area contributed by atoms with Crippen LogP contribution in [0, 0.1) is 42.3 Å². The molecule has 119 heavy (non-hydrogen) atoms. The normalized spacial score (nSPS) is 17.1. The summed E-state index contributed by atoms with van der Waals surface area (Å²) in [5.41, 5.74) is 27.1. The number of aromatic amines is 2. The van der Waals surface area contributed by atoms with Crippen LogP contribution in [0.3, 0.4) is 0 Å². The number of nitrogens with one attached hydrogen (secondary N) is 3. The standard InChI is InChI=1S/C19H28N2O2.C19H27N.C18H25N.C17H19FO2.C17H24N2.C16H18O2/c1-12(2)16-6-5-14-10-18-15(9-17(14)20-19(16)22)7-8-21(11-23-18)13(3)4;1-13(2)17-11-18-9-15-5-7-20(14(3)4)8-6-16(15)10-19(18)12-17;1-11(2)13-5-6-14-8-16-10-17(12(3)4)19-18(16)9-15(14)7-13;1-8(2)16-10(5)11-6-14-12(7-13(11)19-16)15(18)17(20-14)9(3)4;1-11(2)16-8-14-7-13-5-6-19(12(3)4)10-15(13)9-17(14)18-16;1-9(2)13-5-11-7-16-12(8-15(11)17-13)6-14(18-16)10(3)4/h9-10,12-13,16H,5-8,11H2,1-4H3,(H,20,22);9-11,13-14H,5-8,12H2,1-4H3;8-13,19H,5-7H2,1-4H3;6-9H,1-5H3;7-9,11-12,18H,5-6,10H2,1-4H3;5-10H,1-4H3. The molecule has 12 nitrogen and oxygen atoms in total. The molecule has 0 spiro atoms. The van der Waals surface area contributed by atoms with Crippen molar-refractivity contribution in [2.75, 3.05) is 38.2 Å². The molecule has 6 aromatic carbocycles. The molecule has 13 heteroatoms. The number of benzene rings is 6. The number of carbonyl (C=O) groups is 1. The van der Waals surface area contributed by atoms with Crippen molar-refractivity contribution in [1.29, 1.82) is 0 Å². The van der Waals surface area contributed by atoms with Crippen LogP contribution in [0.2, 0.25) is 0 Å². The molecule has 2 aliphatic carbocycles. The molecule has 6 aromatic heterocycles. The fraction of sp³-hybridized carbons (Fsp3) is 0.519. The van der Waals surface area contributed by atoms with Crippen LogP contribution in [0.25, 0.3) is 71.8 Å². The van der Waals surface area contributed by atoms with Gasteiger partial charge in [0.15, 0.2) is 5.82 Å². The minimum Gasteiger partial charge on any atom is -0.478 e. The number of aromatic nitrogens is 2. The lowest BCUT2D eigenvalue weighted by Crippen LogP contribution is -2.35. The summed E-state index contributed by atoms with van der Waals surface area (Å²) in [4.78, 5) is 27.1. The Morgan fingerprint density at radius 3 is 1.47 bits per heavy atom. The van der Waals surface area contributed by atoms with Crippen LogP contribution in [-0.2, 0) is 62.7 Å². The van der Waals surface area contributed by atoms with Crippen LogP contribution in [0.5, 0.6) is 5.75 Å². The van der Waals surface area contributed by atoms with Gasteiger partial charge >= 0.3 is 0 Å². The van der Waals surface area contributed by atoms with Crippen LogP contribution >= 0.6 is 0 Å². The Hall–Kier alpha value is -8.62. The Balaban J connectivity index is 0.000000124. The first-order valence-corrected chi connectivity index (χ1v) is 45.6. The number of halogens is 1. The highest BCUT2D eigenvalue weighted by Crippen LogP contribution is 2.42. The Bertz CT molecular complexity index is 5290. The second kappa shape index (κ2) is 37.4. The minimum atomic E-state index is -0.267. The molecule has 4 aliphatic heterocycles. The highest BCUT2D eigenvalue weighted by atomic mass is 19.1. The first-order chi connectivity index (χ1) is 56.5. The summed E-state index contributed by atoms with van der Waals surface area (Å²) in [5, 5.41) is 9.67. The molecule has 6 aliphatic rings. The summed E-state index contributed by atoms with van der Waals surface area (Å²) in [6.07, 6.45) is 13.9. The van der Waals surface area contributed by atoms with Crippen molar-refractivity contribution >= 4 is 83.4 Å². The van der Waals surface area contributed by atoms with Gasteiger partial charge in [-0.25, -0.2) is 4.39 Å². The number of amides is 1. The fourth-order valence-corrected chi connectivity index (χ4v) is 18.3. The molecule has 3 N–H and O–H groups in total. The zero-order valence-corrected chi connectivity index (χ0v) is 76.9. The van der Waals surface area contributed by atoms with Gasteiger partial charge in [-0.05, 0) is 305 Å². The molecule has 2 atom stereocenters. The van der Waals surface area contributed by atoms with Gasteiger partial charge in [0.1, 0.15) is 57.9 Å². The summed E-state index contributed by atoms with van der Waals surface area (Å²) in [7, 11) is 0. The topological polar surface area (TPSA) is 132 Å². The van der Waals surface area contributed by atoms with Gasteiger partial charge in [-0.1, -0.05) is 148 Å². The SMILES string of the molecule is CC(C)C1=Cc2cc3c(cc2C1)CCN(C(C)C)CC3.CC(C)C1CCc2cc3c(cc2NC1=O)CCN(C(C)C)CO3.CC(C)c1cc2cc3c(cc2[nH]1)CC(C(C)C)CC3.CC(C)c1cc2cc3c(cc2[nH]1)CN(C(C)C)CC3.CC(C)c1cc2cc3oc(C(C)C)cc3cc2o1.Cc1c(C(C)C)oc2cc3c(F)c(C(C)C)oc3cc12. The lowest BCUT2D eigenvalue weighted by molar-refractivity contribution is -0.121. The molecular formula is C106H141FN6O6. The Morgan fingerprint density at radius 2 is 0.924 bits per heavy atom. The summed E-state index contributed by atoms with van der Waals surface area (Å²) < 4.78 is 43.7. The van der Waals surface area contributed by atoms with E-state index in [-0.39, 0.29) is 23.6 Å². The van der Waals surface area contributed by atoms with Crippen molar-refractivity contribution in [2.45, 2.75) is 297 Å². The summed E-state index contributed by atoms with van der Waals surface area (Å²) >= 11 is 0. The number of hydrogen-bond acceptors (Lipinski definition) is 9. The van der Waals surface area contributed by atoms with E-state index in [1.165, 1.54) is 120 Å². The third-order valence-electron chi connectivity index (χ3n) is 26.5. The van der Waals surface area contributed by atoms with Crippen LogP contribution in [0.4, 0.5) is 10.1 Å². The van der Waals surface area contributed by atoms with Crippen LogP contribution in [0.15, 0.2) is 120 Å². The quantitative estimate of drug-likeness (QED) is 0.109. The van der Waals surface area contributed by atoms with E-state index in [0.29, 0.717) is 83.0 Å². The monoisotopic (exact) mass is 1610 g/mol. The Morgan fingerprint density at radius 1 is 0.412 bits per heavy atom. The molecule has 0 bridgehead atoms. The summed E-state index contributed by atoms with van der Waals surface area (Å²) in [6, 6.07) is 37.3. The van der Waals surface area contributed by atoms with Crippen molar-refractivity contribution in [3.63, 3.8) is 0 Å². The van der Waals surface area contributed by atoms with Crippen molar-refractivity contribution in [3.05, 3.63) is 204 Å². The number of allylic oxidation sites excluding steroid dienone is 1. The number of anilines is 1. The second-order valence-electron chi connectivity index (χ2n) is 39.2. The van der Waals surface area contributed by atoms with E-state index < -0.39 is 0 Å². The molecule has 0 saturated heterocycles. The van der Waals surface area contributed by atoms with E-state index in [2.05, 4.69) is 273 Å². The molecule has 10 heterocycles. The van der Waals surface area contributed by atoms with Gasteiger partial charge < -0.3 is 42.6 Å². The Kier molecular flexibility index (Phi) is 27.7. The summed E-state index contributed by atoms with van der Waals surface area (Å²) in [5.74, 6) is 9.44. The van der Waals surface area contributed by atoms with Crippen LogP contribution in [0.1, 0.15) is 310 Å². The number of rotatable bonds is 12. The second-order valence-corrected chi connectivity index (χ2v) is 39.2. The van der Waals surface area contributed by atoms with E-state index in [0.717, 1.165) is 111 Å². The zero-order valence-electron chi connectivity index (χ0n) is 76.9. The van der Waals surface area contributed by atoms with Gasteiger partial charge in [0.05, 0.1) is 5.39 Å². The van der Waals surface area contributed by atoms with E-state index in [1.807, 2.05) is 26.8 Å². The van der Waals surface area contributed by atoms with Gasteiger partial charge in [0.25, 0.3) is 0 Å². The van der Waals surface area contributed by atoms with Crippen molar-refractivity contribution in [1.82, 2.24) is 24.7 Å². The molecule has 0 radical (unpaired) electrons. The molecule has 18 rings (SSSR count). The van der Waals surface area contributed by atoms with Gasteiger partial charge in [0.2, 0.25) is 5.91 Å². The lowest BCUT2D eigenvalue weighted by Gasteiger charge is -2.31. The molecule has 1 amide bonds. The van der Waals surface area contributed by atoms with E-state index >= 15 is 0 Å². The molecule has 0 saturated carbocycles. The van der Waals surface area contributed by atoms with Crippen molar-refractivity contribution in [2.24, 2.45) is 29.6 Å². The minimum absolute atomic E-state index is 0.0287. The van der Waals surface area contributed by atoms with Crippen molar-refractivity contribution < 1.29 is 31.6 Å². The maximum Gasteiger partial charge on any atom is 0.227 e. The molecule has 638 valence electrons. The first-order valence-electron chi connectivity index (χ1n) is 45.6. The number of aryl methyl sites for hydroxylation is 3. The molecular weight excluding hydrogens is 1470 g/mol. The molecule has 0 fully saturated rings. The highest BCUT2D eigenvalue weighted by molar-refractivity contribution is 5.97. The number of carbonyl (C=O) groups excluding carboxylic acids is 1. The fourth-order valence-electron chi connectivity index (χ4n) is 18.3. The van der Waals surface area contributed by atoms with Gasteiger partial charge in [0, 0.05) is 125 Å². The van der Waals surface area contributed by atoms with Crippen LogP contribution < -0.4 is 10.1 Å². The first kappa shape index (κ1) is 88.2. The highest BCUT2D eigenvalue weighted by Gasteiger charge is 2.31. The average molecular weight is 1610 g/mol. The number of H-pyrrole nitrogens is 2. The zero-order chi connectivity index (χ0) is 85.4. The van der Waals surface area contributed by atoms with Crippen LogP contribution in [-0.4, -0.2) is 81.6 Å². The summed E-state index contributed by atoms with van der Waals surface area (Å²) in [6.45, 7) is 61.1. The third-order valence-corrected chi connectivity index (χ3v) is 26.5. The molecule has 2 unspecified atom stereocenters. The number of hydrogen-bond donors (Lipinski definition) is 3. The maximum absolute atomic E-state index is 14.3. The van der Waals surface area contributed by atoms with E-state index in [9.17, 15) is 9.18 Å². The van der Waals surface area contributed by atoms with E-state index in [4.69, 9.17) is 22.4 Å². The largest absolute Gasteiger partial charge is 0.478 e. The van der Waals surface area contributed by atoms with Gasteiger partial charge in [-0.15, -0.1) is 0 Å².